The average molecular weight is 489 g/mol. The van der Waals surface area contributed by atoms with Gasteiger partial charge in [-0.05, 0) is 24.3 Å². The monoisotopic (exact) mass is 488 g/mol. The minimum absolute atomic E-state index is 0.00770. The largest absolute Gasteiger partial charge is 0.496 e. The molecule has 0 saturated carbocycles. The molecule has 1 aromatic heterocycles. The first-order chi connectivity index (χ1) is 16.3. The zero-order valence-corrected chi connectivity index (χ0v) is 19.5. The average Bonchev–Trinajstić information content (AvgIpc) is 3.32. The molecule has 180 valence electrons. The fourth-order valence-electron chi connectivity index (χ4n) is 3.84. The number of nitro groups is 1. The maximum Gasteiger partial charge on any atom is 0.312 e. The number of nitro benzene ring substituents is 1. The third kappa shape index (κ3) is 4.74. The summed E-state index contributed by atoms with van der Waals surface area (Å²) in [5, 5.41) is 15.4. The SMILES string of the molecule is COc1ccccc1-c1cc(CN2CCN(S(=O)(=O)c3ccc(OC)c([N+](=O)[O-])c3)CC2)on1. The second-order valence-electron chi connectivity index (χ2n) is 7.65. The van der Waals surface area contributed by atoms with Crippen LogP contribution in [-0.2, 0) is 16.6 Å². The maximum absolute atomic E-state index is 13.1. The van der Waals surface area contributed by atoms with Crippen LogP contribution in [0.4, 0.5) is 5.69 Å². The normalized spacial score (nSPS) is 15.2. The molecule has 34 heavy (non-hydrogen) atoms. The van der Waals surface area contributed by atoms with E-state index in [1.165, 1.54) is 23.5 Å². The van der Waals surface area contributed by atoms with Crippen molar-refractivity contribution in [2.75, 3.05) is 40.4 Å². The van der Waals surface area contributed by atoms with Gasteiger partial charge < -0.3 is 14.0 Å². The number of ether oxygens (including phenoxy) is 2. The van der Waals surface area contributed by atoms with Gasteiger partial charge in [0.1, 0.15) is 11.4 Å². The quantitative estimate of drug-likeness (QED) is 0.347. The van der Waals surface area contributed by atoms with Gasteiger partial charge in [0.25, 0.3) is 0 Å². The first kappa shape index (κ1) is 23.7. The molecule has 4 rings (SSSR count). The number of para-hydroxylation sites is 1. The van der Waals surface area contributed by atoms with Gasteiger partial charge in [-0.25, -0.2) is 8.42 Å². The molecule has 0 bridgehead atoms. The van der Waals surface area contributed by atoms with Crippen LogP contribution in [0.2, 0.25) is 0 Å². The number of rotatable bonds is 8. The van der Waals surface area contributed by atoms with Gasteiger partial charge in [0.2, 0.25) is 10.0 Å². The number of benzene rings is 2. The van der Waals surface area contributed by atoms with Gasteiger partial charge in [-0.1, -0.05) is 17.3 Å². The Morgan fingerprint density at radius 1 is 1.03 bits per heavy atom. The highest BCUT2D eigenvalue weighted by molar-refractivity contribution is 7.89. The van der Waals surface area contributed by atoms with E-state index in [0.29, 0.717) is 36.8 Å². The zero-order valence-electron chi connectivity index (χ0n) is 18.7. The molecule has 0 aliphatic carbocycles. The standard InChI is InChI=1S/C22H24N4O7S/c1-31-21-6-4-3-5-18(21)19-13-16(33-23-19)15-24-9-11-25(12-10-24)34(29,30)17-7-8-22(32-2)20(14-17)26(27)28/h3-8,13-14H,9-12,15H2,1-2H3. The second-order valence-corrected chi connectivity index (χ2v) is 9.59. The van der Waals surface area contributed by atoms with E-state index in [0.717, 1.165) is 11.6 Å². The molecule has 2 heterocycles. The van der Waals surface area contributed by atoms with Crippen molar-refractivity contribution in [2.24, 2.45) is 0 Å². The molecule has 3 aromatic rings. The minimum Gasteiger partial charge on any atom is -0.496 e. The van der Waals surface area contributed by atoms with Crippen LogP contribution in [-0.4, -0.2) is 68.1 Å². The molecule has 2 aromatic carbocycles. The summed E-state index contributed by atoms with van der Waals surface area (Å²) < 4.78 is 43.2. The highest BCUT2D eigenvalue weighted by atomic mass is 32.2. The Morgan fingerprint density at radius 2 is 1.74 bits per heavy atom. The number of hydrogen-bond acceptors (Lipinski definition) is 9. The summed E-state index contributed by atoms with van der Waals surface area (Å²) in [5.41, 5.74) is 1.10. The molecule has 11 nitrogen and oxygen atoms in total. The number of aromatic nitrogens is 1. The lowest BCUT2D eigenvalue weighted by Gasteiger charge is -2.33. The van der Waals surface area contributed by atoms with E-state index in [1.807, 2.05) is 30.3 Å². The Labute approximate surface area is 196 Å². The first-order valence-corrected chi connectivity index (χ1v) is 11.9. The summed E-state index contributed by atoms with van der Waals surface area (Å²) in [6.45, 7) is 1.92. The molecule has 1 fully saturated rings. The fourth-order valence-corrected chi connectivity index (χ4v) is 5.28. The van der Waals surface area contributed by atoms with E-state index in [9.17, 15) is 18.5 Å². The Morgan fingerprint density at radius 3 is 2.41 bits per heavy atom. The minimum atomic E-state index is -3.88. The molecule has 12 heteroatoms. The van der Waals surface area contributed by atoms with Crippen molar-refractivity contribution in [1.29, 1.82) is 0 Å². The van der Waals surface area contributed by atoms with Crippen LogP contribution in [0.15, 0.2) is 57.9 Å². The molecular formula is C22H24N4O7S. The van der Waals surface area contributed by atoms with Crippen LogP contribution < -0.4 is 9.47 Å². The first-order valence-electron chi connectivity index (χ1n) is 10.5. The fraction of sp³-hybridized carbons (Fsp3) is 0.318. The molecule has 0 atom stereocenters. The Hall–Kier alpha value is -3.48. The van der Waals surface area contributed by atoms with E-state index in [1.54, 1.807) is 7.11 Å². The summed E-state index contributed by atoms with van der Waals surface area (Å²) in [4.78, 5) is 12.5. The Bertz CT molecular complexity index is 1280. The van der Waals surface area contributed by atoms with E-state index < -0.39 is 20.6 Å². The lowest BCUT2D eigenvalue weighted by molar-refractivity contribution is -0.386. The van der Waals surface area contributed by atoms with Crippen LogP contribution >= 0.6 is 0 Å². The maximum atomic E-state index is 13.1. The van der Waals surface area contributed by atoms with Crippen molar-refractivity contribution < 1.29 is 27.3 Å². The molecule has 0 amide bonds. The van der Waals surface area contributed by atoms with Gasteiger partial charge >= 0.3 is 5.69 Å². The van der Waals surface area contributed by atoms with Crippen LogP contribution in [0.25, 0.3) is 11.3 Å². The van der Waals surface area contributed by atoms with Crippen LogP contribution in [0.5, 0.6) is 11.5 Å². The summed E-state index contributed by atoms with van der Waals surface area (Å²) in [5.74, 6) is 1.36. The third-order valence-electron chi connectivity index (χ3n) is 5.64. The van der Waals surface area contributed by atoms with Crippen molar-refractivity contribution in [3.8, 4) is 22.8 Å². The Balaban J connectivity index is 1.41. The third-order valence-corrected chi connectivity index (χ3v) is 7.53. The van der Waals surface area contributed by atoms with Crippen LogP contribution in [0.3, 0.4) is 0 Å². The zero-order chi connectivity index (χ0) is 24.3. The lowest BCUT2D eigenvalue weighted by atomic mass is 10.1. The van der Waals surface area contributed by atoms with E-state index in [2.05, 4.69) is 10.1 Å². The van der Waals surface area contributed by atoms with Crippen molar-refractivity contribution in [1.82, 2.24) is 14.4 Å². The smallest absolute Gasteiger partial charge is 0.312 e. The van der Waals surface area contributed by atoms with Crippen molar-refractivity contribution >= 4 is 15.7 Å². The number of methoxy groups -OCH3 is 2. The van der Waals surface area contributed by atoms with Gasteiger partial charge in [-0.2, -0.15) is 4.31 Å². The van der Waals surface area contributed by atoms with Gasteiger partial charge in [-0.15, -0.1) is 0 Å². The number of piperazine rings is 1. The lowest BCUT2D eigenvalue weighted by Crippen LogP contribution is -2.48. The molecule has 0 N–H and O–H groups in total. The number of sulfonamides is 1. The molecule has 0 radical (unpaired) electrons. The predicted octanol–water partition coefficient (Wildman–Crippen LogP) is 2.77. The van der Waals surface area contributed by atoms with Gasteiger partial charge in [-0.3, -0.25) is 15.0 Å². The van der Waals surface area contributed by atoms with Crippen molar-refractivity contribution in [3.05, 3.63) is 64.4 Å². The second kappa shape index (κ2) is 9.79. The highest BCUT2D eigenvalue weighted by Crippen LogP contribution is 2.31. The predicted molar refractivity (Wildman–Crippen MR) is 122 cm³/mol. The van der Waals surface area contributed by atoms with Gasteiger partial charge in [0.05, 0.1) is 30.6 Å². The molecule has 0 spiro atoms. The molecular weight excluding hydrogens is 464 g/mol. The topological polar surface area (TPSA) is 128 Å². The summed E-state index contributed by atoms with van der Waals surface area (Å²) in [6, 6.07) is 13.0. The summed E-state index contributed by atoms with van der Waals surface area (Å²) in [7, 11) is -0.992. The molecule has 1 aliphatic heterocycles. The Kier molecular flexibility index (Phi) is 6.82. The number of nitrogens with zero attached hydrogens (tertiary/aromatic N) is 4. The van der Waals surface area contributed by atoms with E-state index in [-0.39, 0.29) is 23.7 Å². The van der Waals surface area contributed by atoms with E-state index in [4.69, 9.17) is 14.0 Å². The van der Waals surface area contributed by atoms with Crippen molar-refractivity contribution in [2.45, 2.75) is 11.4 Å². The van der Waals surface area contributed by atoms with Gasteiger partial charge in [0.15, 0.2) is 11.5 Å². The van der Waals surface area contributed by atoms with E-state index >= 15 is 0 Å². The summed E-state index contributed by atoms with van der Waals surface area (Å²) in [6.07, 6.45) is 0. The van der Waals surface area contributed by atoms with Crippen LogP contribution in [0, 0.1) is 10.1 Å². The molecule has 0 unspecified atom stereocenters. The van der Waals surface area contributed by atoms with Gasteiger partial charge in [0, 0.05) is 43.9 Å². The number of hydrogen-bond donors (Lipinski definition) is 0. The highest BCUT2D eigenvalue weighted by Gasteiger charge is 2.31. The summed E-state index contributed by atoms with van der Waals surface area (Å²) >= 11 is 0. The van der Waals surface area contributed by atoms with Crippen molar-refractivity contribution in [3.63, 3.8) is 0 Å². The van der Waals surface area contributed by atoms with Crippen LogP contribution in [0.1, 0.15) is 5.76 Å². The molecule has 1 saturated heterocycles. The molecule has 1 aliphatic rings.